The average Bonchev–Trinajstić information content (AvgIpc) is 2.98. The third kappa shape index (κ3) is 7.70. The zero-order chi connectivity index (χ0) is 25.2. The highest BCUT2D eigenvalue weighted by Gasteiger charge is 2.59. The monoisotopic (exact) mass is 525 g/mol. The Labute approximate surface area is 188 Å². The second-order valence-electron chi connectivity index (χ2n) is 7.62. The third-order valence-electron chi connectivity index (χ3n) is 4.19. The van der Waals surface area contributed by atoms with Gasteiger partial charge in [-0.1, -0.05) is 13.8 Å². The van der Waals surface area contributed by atoms with E-state index in [1.165, 1.54) is 22.7 Å². The lowest BCUT2D eigenvalue weighted by molar-refractivity contribution is -0.211. The van der Waals surface area contributed by atoms with Gasteiger partial charge < -0.3 is 24.8 Å². The molecule has 0 unspecified atom stereocenters. The van der Waals surface area contributed by atoms with Crippen LogP contribution in [-0.2, 0) is 15.8 Å². The van der Waals surface area contributed by atoms with Gasteiger partial charge in [-0.2, -0.15) is 31.3 Å². The average molecular weight is 525 g/mol. The van der Waals surface area contributed by atoms with E-state index in [1.54, 1.807) is 0 Å². The van der Waals surface area contributed by atoms with Crippen molar-refractivity contribution in [1.82, 2.24) is 19.5 Å². The van der Waals surface area contributed by atoms with E-state index in [1.807, 2.05) is 13.8 Å². The lowest BCUT2D eigenvalue weighted by Crippen LogP contribution is -2.42. The van der Waals surface area contributed by atoms with E-state index >= 15 is 0 Å². The Morgan fingerprint density at radius 1 is 1.15 bits per heavy atom. The van der Waals surface area contributed by atoms with Crippen molar-refractivity contribution >= 4 is 36.5 Å². The SMILES string of the molecule is CC(C)CSc1nc(N)nc2c1ncn2CCOC(CC(F)(F)F)(CC(F)(F)F)P(=O)(O)O. The maximum atomic E-state index is 12.9. The summed E-state index contributed by atoms with van der Waals surface area (Å²) < 4.78 is 95.3. The zero-order valence-corrected chi connectivity index (χ0v) is 19.1. The summed E-state index contributed by atoms with van der Waals surface area (Å²) in [7, 11) is -6.02. The van der Waals surface area contributed by atoms with E-state index in [9.17, 15) is 40.7 Å². The van der Waals surface area contributed by atoms with Crippen molar-refractivity contribution in [3.05, 3.63) is 6.33 Å². The van der Waals surface area contributed by atoms with Crippen molar-refractivity contribution in [2.45, 2.75) is 56.0 Å². The molecule has 2 rings (SSSR count). The molecule has 0 saturated heterocycles. The lowest BCUT2D eigenvalue weighted by Gasteiger charge is -2.35. The number of rotatable bonds is 10. The molecule has 9 nitrogen and oxygen atoms in total. The molecule has 2 heterocycles. The number of hydrogen-bond donors (Lipinski definition) is 3. The zero-order valence-electron chi connectivity index (χ0n) is 17.4. The molecule has 0 aromatic carbocycles. The maximum absolute atomic E-state index is 12.9. The molecule has 0 aliphatic carbocycles. The number of thioether (sulfide) groups is 1. The standard InChI is InChI=1S/C16H22F6N5O4PS/c1-9(2)5-33-12-10-11(25-13(23)26-12)27(8-24-10)3-4-31-14(32(28,29)30,6-15(17,18)19)7-16(20,21)22/h8-9H,3-7H2,1-2H3,(H2,23,25,26)(H2,28,29,30). The molecule has 0 spiro atoms. The number of imidazole rings is 1. The fourth-order valence-electron chi connectivity index (χ4n) is 2.86. The predicted molar refractivity (Wildman–Crippen MR) is 107 cm³/mol. The fourth-order valence-corrected chi connectivity index (χ4v) is 4.82. The van der Waals surface area contributed by atoms with Crippen LogP contribution in [0.1, 0.15) is 26.7 Å². The molecular formula is C16H22F6N5O4PS. The number of ether oxygens (including phenoxy) is 1. The molecule has 2 aromatic rings. The van der Waals surface area contributed by atoms with Gasteiger partial charge >= 0.3 is 19.9 Å². The predicted octanol–water partition coefficient (Wildman–Crippen LogP) is 3.95. The largest absolute Gasteiger partial charge is 0.392 e. The Morgan fingerprint density at radius 3 is 2.21 bits per heavy atom. The van der Waals surface area contributed by atoms with E-state index in [0.717, 1.165) is 0 Å². The van der Waals surface area contributed by atoms with Crippen LogP contribution in [0.25, 0.3) is 11.2 Å². The number of nitrogens with zero attached hydrogens (tertiary/aromatic N) is 4. The molecule has 188 valence electrons. The summed E-state index contributed by atoms with van der Waals surface area (Å²) in [4.78, 5) is 31.0. The molecule has 0 bridgehead atoms. The Kier molecular flexibility index (Phi) is 8.32. The topological polar surface area (TPSA) is 136 Å². The van der Waals surface area contributed by atoms with Gasteiger partial charge in [0.1, 0.15) is 10.5 Å². The summed E-state index contributed by atoms with van der Waals surface area (Å²) >= 11 is 1.34. The number of alkyl halides is 6. The minimum atomic E-state index is -6.02. The van der Waals surface area contributed by atoms with Crippen LogP contribution in [0.3, 0.4) is 0 Å². The van der Waals surface area contributed by atoms with E-state index < -0.39 is 51.3 Å². The van der Waals surface area contributed by atoms with Gasteiger partial charge in [-0.05, 0) is 5.92 Å². The van der Waals surface area contributed by atoms with Crippen LogP contribution in [0.4, 0.5) is 32.3 Å². The number of nitrogens with two attached hydrogens (primary N) is 1. The van der Waals surface area contributed by atoms with Crippen molar-refractivity contribution in [3.8, 4) is 0 Å². The van der Waals surface area contributed by atoms with Crippen LogP contribution >= 0.6 is 19.4 Å². The normalized spacial score (nSPS) is 13.9. The summed E-state index contributed by atoms with van der Waals surface area (Å²) in [6.07, 6.45) is -14.4. The molecule has 0 aliphatic rings. The maximum Gasteiger partial charge on any atom is 0.392 e. The second kappa shape index (κ2) is 9.94. The first-order chi connectivity index (χ1) is 14.9. The van der Waals surface area contributed by atoms with E-state index in [4.69, 9.17) is 5.73 Å². The van der Waals surface area contributed by atoms with Gasteiger partial charge in [-0.25, -0.2) is 9.97 Å². The van der Waals surface area contributed by atoms with Crippen LogP contribution < -0.4 is 5.73 Å². The molecule has 0 radical (unpaired) electrons. The second-order valence-corrected chi connectivity index (χ2v) is 10.5. The molecular weight excluding hydrogens is 503 g/mol. The van der Waals surface area contributed by atoms with Crippen molar-refractivity contribution in [2.75, 3.05) is 18.1 Å². The Morgan fingerprint density at radius 2 is 1.73 bits per heavy atom. The van der Waals surface area contributed by atoms with Crippen LogP contribution in [0.15, 0.2) is 11.4 Å². The molecule has 0 aliphatic heterocycles. The van der Waals surface area contributed by atoms with Crippen LogP contribution in [0, 0.1) is 5.92 Å². The minimum Gasteiger partial charge on any atom is -0.368 e. The Hall–Kier alpha value is -1.61. The smallest absolute Gasteiger partial charge is 0.368 e. The van der Waals surface area contributed by atoms with Gasteiger partial charge in [0.15, 0.2) is 11.0 Å². The number of halogens is 6. The van der Waals surface area contributed by atoms with Gasteiger partial charge in [0.2, 0.25) is 5.95 Å². The van der Waals surface area contributed by atoms with Crippen molar-refractivity contribution in [2.24, 2.45) is 5.92 Å². The molecule has 0 atom stereocenters. The number of hydrogen-bond acceptors (Lipinski definition) is 7. The highest BCUT2D eigenvalue weighted by Crippen LogP contribution is 2.60. The Bertz CT molecular complexity index is 994. The summed E-state index contributed by atoms with van der Waals surface area (Å²) in [5.74, 6) is 0.844. The van der Waals surface area contributed by atoms with Crippen molar-refractivity contribution < 1.29 is 45.4 Å². The first kappa shape index (κ1) is 27.6. The van der Waals surface area contributed by atoms with Gasteiger partial charge in [-0.15, -0.1) is 11.8 Å². The molecule has 0 saturated carbocycles. The van der Waals surface area contributed by atoms with Crippen LogP contribution in [0.5, 0.6) is 0 Å². The van der Waals surface area contributed by atoms with Gasteiger partial charge in [0, 0.05) is 12.3 Å². The van der Waals surface area contributed by atoms with E-state index in [2.05, 4.69) is 19.7 Å². The molecule has 0 fully saturated rings. The molecule has 2 aromatic heterocycles. The van der Waals surface area contributed by atoms with Gasteiger partial charge in [0.05, 0.1) is 25.8 Å². The lowest BCUT2D eigenvalue weighted by atomic mass is 10.1. The third-order valence-corrected chi connectivity index (χ3v) is 7.09. The number of aromatic nitrogens is 4. The number of fused-ring (bicyclic) bond motifs is 1. The Balaban J connectivity index is 2.31. The van der Waals surface area contributed by atoms with Crippen LogP contribution in [-0.4, -0.2) is 59.4 Å². The molecule has 17 heteroatoms. The summed E-state index contributed by atoms with van der Waals surface area (Å²) in [5.41, 5.74) is 6.14. The van der Waals surface area contributed by atoms with E-state index in [-0.39, 0.29) is 11.6 Å². The molecule has 33 heavy (non-hydrogen) atoms. The molecule has 0 amide bonds. The summed E-state index contributed by atoms with van der Waals surface area (Å²) in [6.45, 7) is 2.64. The van der Waals surface area contributed by atoms with Crippen molar-refractivity contribution in [3.63, 3.8) is 0 Å². The molecule has 4 N–H and O–H groups in total. The summed E-state index contributed by atoms with van der Waals surface area (Å²) in [6, 6.07) is 0. The highest BCUT2D eigenvalue weighted by atomic mass is 32.2. The fraction of sp³-hybridized carbons (Fsp3) is 0.688. The number of nitrogen functional groups attached to an aromatic ring is 1. The van der Waals surface area contributed by atoms with E-state index in [0.29, 0.717) is 22.2 Å². The van der Waals surface area contributed by atoms with Gasteiger partial charge in [-0.3, -0.25) is 4.57 Å². The van der Waals surface area contributed by atoms with Gasteiger partial charge in [0.25, 0.3) is 0 Å². The van der Waals surface area contributed by atoms with Crippen LogP contribution in [0.2, 0.25) is 0 Å². The van der Waals surface area contributed by atoms with Crippen molar-refractivity contribution in [1.29, 1.82) is 0 Å². The summed E-state index contributed by atoms with van der Waals surface area (Å²) in [5, 5.41) is -3.39. The first-order valence-electron chi connectivity index (χ1n) is 9.37. The highest BCUT2D eigenvalue weighted by molar-refractivity contribution is 7.99. The number of anilines is 1. The minimum absolute atomic E-state index is 0.130. The quantitative estimate of drug-likeness (QED) is 0.182. The first-order valence-corrected chi connectivity index (χ1v) is 12.0.